The van der Waals surface area contributed by atoms with Gasteiger partial charge in [-0.3, -0.25) is 9.59 Å². The SMILES string of the molecule is O=C(Nc1ccccc1Cl)C1(C(=O)NC2CC2)CC1. The summed E-state index contributed by atoms with van der Waals surface area (Å²) >= 11 is 6.00. The van der Waals surface area contributed by atoms with E-state index in [4.69, 9.17) is 11.6 Å². The average molecular weight is 279 g/mol. The Labute approximate surface area is 116 Å². The van der Waals surface area contributed by atoms with Gasteiger partial charge in [0.05, 0.1) is 10.7 Å². The first kappa shape index (κ1) is 12.5. The third-order valence-corrected chi connectivity index (χ3v) is 3.98. The topological polar surface area (TPSA) is 58.2 Å². The Hall–Kier alpha value is -1.55. The third-order valence-electron chi connectivity index (χ3n) is 3.65. The summed E-state index contributed by atoms with van der Waals surface area (Å²) in [6, 6.07) is 7.31. The van der Waals surface area contributed by atoms with Crippen molar-refractivity contribution in [2.75, 3.05) is 5.32 Å². The van der Waals surface area contributed by atoms with Crippen molar-refractivity contribution in [3.8, 4) is 0 Å². The summed E-state index contributed by atoms with van der Waals surface area (Å²) in [7, 11) is 0. The molecule has 2 aliphatic carbocycles. The van der Waals surface area contributed by atoms with E-state index < -0.39 is 5.41 Å². The molecule has 0 saturated heterocycles. The number of carbonyl (C=O) groups excluding carboxylic acids is 2. The van der Waals surface area contributed by atoms with Crippen LogP contribution in [0.3, 0.4) is 0 Å². The van der Waals surface area contributed by atoms with Gasteiger partial charge in [-0.2, -0.15) is 0 Å². The molecule has 0 aliphatic heterocycles. The molecule has 1 aromatic rings. The Morgan fingerprint density at radius 1 is 1.16 bits per heavy atom. The Bertz CT molecular complexity index is 536. The molecule has 2 N–H and O–H groups in total. The minimum absolute atomic E-state index is 0.139. The average Bonchev–Trinajstić information content (AvgIpc) is 3.25. The molecule has 1 aromatic carbocycles. The van der Waals surface area contributed by atoms with Crippen LogP contribution in [0, 0.1) is 5.41 Å². The van der Waals surface area contributed by atoms with E-state index in [-0.39, 0.29) is 17.9 Å². The van der Waals surface area contributed by atoms with Gasteiger partial charge >= 0.3 is 0 Å². The van der Waals surface area contributed by atoms with Crippen LogP contribution in [0.2, 0.25) is 5.02 Å². The summed E-state index contributed by atoms with van der Waals surface area (Å²) in [6.07, 6.45) is 3.27. The van der Waals surface area contributed by atoms with Crippen LogP contribution in [-0.4, -0.2) is 17.9 Å². The molecule has 4 nitrogen and oxygen atoms in total. The maximum Gasteiger partial charge on any atom is 0.240 e. The summed E-state index contributed by atoms with van der Waals surface area (Å²) in [5, 5.41) is 6.14. The van der Waals surface area contributed by atoms with Crippen molar-refractivity contribution in [3.05, 3.63) is 29.3 Å². The fourth-order valence-electron chi connectivity index (χ4n) is 2.04. The van der Waals surface area contributed by atoms with Gasteiger partial charge in [0.15, 0.2) is 0 Å². The Morgan fingerprint density at radius 3 is 2.42 bits per heavy atom. The molecule has 0 aromatic heterocycles. The highest BCUT2D eigenvalue weighted by Gasteiger charge is 2.57. The normalized spacial score (nSPS) is 19.6. The van der Waals surface area contributed by atoms with Crippen molar-refractivity contribution in [2.45, 2.75) is 31.7 Å². The predicted octanol–water partition coefficient (Wildman–Crippen LogP) is 2.34. The van der Waals surface area contributed by atoms with Crippen molar-refractivity contribution < 1.29 is 9.59 Å². The quantitative estimate of drug-likeness (QED) is 0.831. The molecule has 2 saturated carbocycles. The van der Waals surface area contributed by atoms with Crippen molar-refractivity contribution >= 4 is 29.1 Å². The zero-order valence-electron chi connectivity index (χ0n) is 10.4. The maximum atomic E-state index is 12.3. The fourth-order valence-corrected chi connectivity index (χ4v) is 2.22. The Kier molecular flexibility index (Phi) is 2.97. The number of rotatable bonds is 4. The van der Waals surface area contributed by atoms with Gasteiger partial charge < -0.3 is 10.6 Å². The number of carbonyl (C=O) groups is 2. The summed E-state index contributed by atoms with van der Waals surface area (Å²) in [6.45, 7) is 0. The highest BCUT2D eigenvalue weighted by atomic mass is 35.5. The molecule has 2 aliphatic rings. The van der Waals surface area contributed by atoms with Crippen LogP contribution < -0.4 is 10.6 Å². The van der Waals surface area contributed by atoms with Gasteiger partial charge in [0.25, 0.3) is 0 Å². The number of para-hydroxylation sites is 1. The van der Waals surface area contributed by atoms with E-state index in [0.717, 1.165) is 12.8 Å². The van der Waals surface area contributed by atoms with Crippen LogP contribution in [0.15, 0.2) is 24.3 Å². The van der Waals surface area contributed by atoms with Crippen LogP contribution in [0.5, 0.6) is 0 Å². The molecule has 5 heteroatoms. The van der Waals surface area contributed by atoms with Crippen molar-refractivity contribution in [1.29, 1.82) is 0 Å². The lowest BCUT2D eigenvalue weighted by Gasteiger charge is -2.15. The molecule has 0 unspecified atom stereocenters. The number of halogens is 1. The largest absolute Gasteiger partial charge is 0.352 e. The second-order valence-corrected chi connectivity index (χ2v) is 5.67. The fraction of sp³-hybridized carbons (Fsp3) is 0.429. The lowest BCUT2D eigenvalue weighted by atomic mass is 10.0. The van der Waals surface area contributed by atoms with Crippen molar-refractivity contribution in [3.63, 3.8) is 0 Å². The Balaban J connectivity index is 1.69. The molecule has 19 heavy (non-hydrogen) atoms. The van der Waals surface area contributed by atoms with Crippen molar-refractivity contribution in [1.82, 2.24) is 5.32 Å². The van der Waals surface area contributed by atoms with Crippen LogP contribution in [-0.2, 0) is 9.59 Å². The minimum atomic E-state index is -0.873. The van der Waals surface area contributed by atoms with Gasteiger partial charge in [0.2, 0.25) is 11.8 Å². The molecular weight excluding hydrogens is 264 g/mol. The number of amides is 2. The number of hydrogen-bond acceptors (Lipinski definition) is 2. The smallest absolute Gasteiger partial charge is 0.240 e. The summed E-state index contributed by atoms with van der Waals surface area (Å²) < 4.78 is 0. The molecular formula is C14H15ClN2O2. The third kappa shape index (κ3) is 2.45. The van der Waals surface area contributed by atoms with Crippen LogP contribution in [0.25, 0.3) is 0 Å². The number of benzene rings is 1. The van der Waals surface area contributed by atoms with E-state index in [2.05, 4.69) is 10.6 Å². The number of anilines is 1. The van der Waals surface area contributed by atoms with Gasteiger partial charge in [0, 0.05) is 6.04 Å². The van der Waals surface area contributed by atoms with E-state index in [0.29, 0.717) is 23.6 Å². The lowest BCUT2D eigenvalue weighted by molar-refractivity contribution is -0.134. The van der Waals surface area contributed by atoms with E-state index >= 15 is 0 Å². The summed E-state index contributed by atoms with van der Waals surface area (Å²) in [5.41, 5.74) is -0.318. The Morgan fingerprint density at radius 2 is 1.84 bits per heavy atom. The zero-order valence-corrected chi connectivity index (χ0v) is 11.2. The van der Waals surface area contributed by atoms with Gasteiger partial charge in [-0.15, -0.1) is 0 Å². The molecule has 3 rings (SSSR count). The molecule has 2 amide bonds. The second-order valence-electron chi connectivity index (χ2n) is 5.26. The molecule has 0 radical (unpaired) electrons. The minimum Gasteiger partial charge on any atom is -0.352 e. The molecule has 100 valence electrons. The van der Waals surface area contributed by atoms with Crippen LogP contribution in [0.4, 0.5) is 5.69 Å². The van der Waals surface area contributed by atoms with Crippen LogP contribution in [0.1, 0.15) is 25.7 Å². The maximum absolute atomic E-state index is 12.3. The first-order valence-electron chi connectivity index (χ1n) is 6.49. The monoisotopic (exact) mass is 278 g/mol. The zero-order chi connectivity index (χ0) is 13.5. The molecule has 0 bridgehead atoms. The lowest BCUT2D eigenvalue weighted by Crippen LogP contribution is -2.40. The van der Waals surface area contributed by atoms with Crippen molar-refractivity contribution in [2.24, 2.45) is 5.41 Å². The molecule has 2 fully saturated rings. The molecule has 0 heterocycles. The first-order chi connectivity index (χ1) is 9.12. The van der Waals surface area contributed by atoms with Gasteiger partial charge in [-0.05, 0) is 37.8 Å². The van der Waals surface area contributed by atoms with Gasteiger partial charge in [-0.1, -0.05) is 23.7 Å². The van der Waals surface area contributed by atoms with E-state index in [9.17, 15) is 9.59 Å². The number of nitrogens with one attached hydrogen (secondary N) is 2. The summed E-state index contributed by atoms with van der Waals surface area (Å²) in [5.74, 6) is -0.390. The standard InChI is InChI=1S/C14H15ClN2O2/c15-10-3-1-2-4-11(10)17-13(19)14(7-8-14)12(18)16-9-5-6-9/h1-4,9H,5-8H2,(H,16,18)(H,17,19). The van der Waals surface area contributed by atoms with E-state index in [1.807, 2.05) is 0 Å². The van der Waals surface area contributed by atoms with Gasteiger partial charge in [0.1, 0.15) is 5.41 Å². The number of hydrogen-bond donors (Lipinski definition) is 2. The highest BCUT2D eigenvalue weighted by Crippen LogP contribution is 2.47. The second kappa shape index (κ2) is 4.53. The molecule has 0 spiro atoms. The molecule has 0 atom stereocenters. The highest BCUT2D eigenvalue weighted by molar-refractivity contribution is 6.34. The van der Waals surface area contributed by atoms with E-state index in [1.165, 1.54) is 0 Å². The first-order valence-corrected chi connectivity index (χ1v) is 6.86. The van der Waals surface area contributed by atoms with Crippen LogP contribution >= 0.6 is 11.6 Å². The predicted molar refractivity (Wildman–Crippen MR) is 72.9 cm³/mol. The summed E-state index contributed by atoms with van der Waals surface area (Å²) in [4.78, 5) is 24.4. The van der Waals surface area contributed by atoms with E-state index in [1.54, 1.807) is 24.3 Å². The van der Waals surface area contributed by atoms with Gasteiger partial charge in [-0.25, -0.2) is 0 Å².